The van der Waals surface area contributed by atoms with E-state index in [0.717, 1.165) is 18.5 Å². The van der Waals surface area contributed by atoms with E-state index < -0.39 is 18.8 Å². The van der Waals surface area contributed by atoms with Crippen molar-refractivity contribution < 1.29 is 23.2 Å². The second-order valence-corrected chi connectivity index (χ2v) is 8.69. The van der Waals surface area contributed by atoms with Crippen molar-refractivity contribution in [3.63, 3.8) is 0 Å². The third-order valence-corrected chi connectivity index (χ3v) is 5.98. The second-order valence-electron chi connectivity index (χ2n) is 8.69. The Hall–Kier alpha value is -5.26. The summed E-state index contributed by atoms with van der Waals surface area (Å²) in [7, 11) is 1.38. The van der Waals surface area contributed by atoms with E-state index in [1.807, 2.05) is 22.0 Å². The molecule has 1 aliphatic rings. The highest BCUT2D eigenvalue weighted by Gasteiger charge is 2.30. The largest absolute Gasteiger partial charge is 0.494 e. The molecule has 0 unspecified atom stereocenters. The monoisotopic (exact) mass is 529 g/mol. The van der Waals surface area contributed by atoms with Gasteiger partial charge in [0.05, 0.1) is 30.4 Å². The van der Waals surface area contributed by atoms with Gasteiger partial charge in [0.1, 0.15) is 0 Å². The smallest absolute Gasteiger partial charge is 0.273 e. The van der Waals surface area contributed by atoms with Crippen molar-refractivity contribution in [3.05, 3.63) is 78.5 Å². The summed E-state index contributed by atoms with van der Waals surface area (Å²) >= 11 is 0. The van der Waals surface area contributed by atoms with Crippen LogP contribution in [0.4, 0.5) is 22.9 Å². The van der Waals surface area contributed by atoms with Crippen molar-refractivity contribution in [3.8, 4) is 11.4 Å². The van der Waals surface area contributed by atoms with E-state index in [-0.39, 0.29) is 46.0 Å². The van der Waals surface area contributed by atoms with E-state index in [4.69, 9.17) is 8.85 Å². The fourth-order valence-corrected chi connectivity index (χ4v) is 3.86. The Bertz CT molecular complexity index is 1620. The summed E-state index contributed by atoms with van der Waals surface area (Å²) in [5.74, 6) is -1.61. The first-order valence-electron chi connectivity index (χ1n) is 13.5. The number of nitrogens with one attached hydrogen (secondary N) is 4. The molecule has 2 aromatic carbocycles. The Morgan fingerprint density at radius 2 is 1.85 bits per heavy atom. The molecule has 5 rings (SSSR count). The van der Waals surface area contributed by atoms with Crippen molar-refractivity contribution in [2.45, 2.75) is 12.8 Å². The zero-order valence-electron chi connectivity index (χ0n) is 23.8. The first kappa shape index (κ1) is 21.8. The van der Waals surface area contributed by atoms with Crippen LogP contribution in [0.3, 0.4) is 0 Å². The van der Waals surface area contributed by atoms with E-state index in [0.29, 0.717) is 5.69 Å². The number of carbonyl (C=O) groups is 3. The lowest BCUT2D eigenvalue weighted by molar-refractivity contribution is -0.117. The summed E-state index contributed by atoms with van der Waals surface area (Å²) in [6.07, 6.45) is 6.67. The first-order valence-corrected chi connectivity index (χ1v) is 12.0. The average Bonchev–Trinajstić information content (AvgIpc) is 3.66. The molecule has 0 saturated heterocycles. The number of para-hydroxylation sites is 1. The molecule has 2 aromatic heterocycles. The number of hydrogen-bond acceptors (Lipinski definition) is 8. The maximum absolute atomic E-state index is 13.3. The Kier molecular flexibility index (Phi) is 6.15. The van der Waals surface area contributed by atoms with E-state index in [1.165, 1.54) is 13.2 Å². The van der Waals surface area contributed by atoms with Crippen LogP contribution in [0, 0.1) is 5.92 Å². The molecule has 1 aliphatic carbocycles. The highest BCUT2D eigenvalue weighted by molar-refractivity contribution is 6.08. The van der Waals surface area contributed by atoms with Crippen LogP contribution in [0.25, 0.3) is 5.69 Å². The number of methoxy groups -OCH3 is 1. The number of amides is 3. The van der Waals surface area contributed by atoms with Crippen molar-refractivity contribution in [1.82, 2.24) is 25.1 Å². The summed E-state index contributed by atoms with van der Waals surface area (Å²) < 4.78 is 29.5. The fraction of sp³-hybridized carbons (Fsp3) is 0.185. The molecule has 0 bridgehead atoms. The van der Waals surface area contributed by atoms with Gasteiger partial charge >= 0.3 is 0 Å². The van der Waals surface area contributed by atoms with Gasteiger partial charge in [0.15, 0.2) is 17.3 Å². The number of carbonyl (C=O) groups excluding carboxylic acids is 3. The van der Waals surface area contributed by atoms with Crippen molar-refractivity contribution in [2.24, 2.45) is 5.92 Å². The lowest BCUT2D eigenvalue weighted by Gasteiger charge is -2.17. The third-order valence-electron chi connectivity index (χ3n) is 5.98. The Labute approximate surface area is 228 Å². The molecule has 4 N–H and O–H groups in total. The van der Waals surface area contributed by atoms with Crippen LogP contribution < -0.4 is 26.0 Å². The number of aromatic nitrogens is 4. The molecule has 0 spiro atoms. The highest BCUT2D eigenvalue weighted by atomic mass is 16.5. The molecule has 0 atom stereocenters. The number of ether oxygens (including phenoxy) is 1. The SMILES string of the molecule is [2H]C([2H])([2H])NC(=O)c1nnc(NC(=O)C2CC2)cc1Nc1cccc(C(=O)Nc2ccc(-n3ccnc3)cc2)c1OC. The van der Waals surface area contributed by atoms with Gasteiger partial charge in [0, 0.05) is 46.8 Å². The lowest BCUT2D eigenvalue weighted by atomic mass is 10.1. The van der Waals surface area contributed by atoms with Gasteiger partial charge in [-0.15, -0.1) is 10.2 Å². The minimum Gasteiger partial charge on any atom is -0.494 e. The highest BCUT2D eigenvalue weighted by Crippen LogP contribution is 2.34. The molecule has 1 fully saturated rings. The summed E-state index contributed by atoms with van der Waals surface area (Å²) in [6.45, 7) is -2.78. The minimum absolute atomic E-state index is 0.0313. The van der Waals surface area contributed by atoms with Crippen molar-refractivity contribution in [2.75, 3.05) is 30.0 Å². The average molecular weight is 530 g/mol. The Morgan fingerprint density at radius 3 is 2.54 bits per heavy atom. The van der Waals surface area contributed by atoms with Gasteiger partial charge in [-0.25, -0.2) is 4.98 Å². The third kappa shape index (κ3) is 5.69. The number of anilines is 4. The molecule has 12 heteroatoms. The molecule has 2 heterocycles. The van der Waals surface area contributed by atoms with E-state index in [1.54, 1.807) is 49.1 Å². The van der Waals surface area contributed by atoms with Gasteiger partial charge in [-0.05, 0) is 49.2 Å². The molecule has 4 aromatic rings. The summed E-state index contributed by atoms with van der Waals surface area (Å²) in [6, 6.07) is 13.3. The van der Waals surface area contributed by atoms with Crippen LogP contribution in [-0.4, -0.2) is 51.6 Å². The molecule has 198 valence electrons. The topological polar surface area (TPSA) is 152 Å². The molecule has 0 aliphatic heterocycles. The van der Waals surface area contributed by atoms with E-state index >= 15 is 0 Å². The number of hydrogen-bond donors (Lipinski definition) is 4. The van der Waals surface area contributed by atoms with Gasteiger partial charge in [-0.3, -0.25) is 14.4 Å². The standard InChI is InChI=1S/C27H26N8O4/c1-28-27(38)23-21(14-22(33-34-23)32-25(36)16-6-7-16)31-20-5-3-4-19(24(20)39-2)26(37)30-17-8-10-18(11-9-17)35-13-12-29-15-35/h3-5,8-16H,6-7H2,1-2H3,(H,28,38)(H,30,37)(H2,31,32,33,36)/i1D3. The second kappa shape index (κ2) is 11.0. The number of benzene rings is 2. The predicted molar refractivity (Wildman–Crippen MR) is 145 cm³/mol. The molecular formula is C27H26N8O4. The van der Waals surface area contributed by atoms with Crippen LogP contribution in [0.1, 0.15) is 37.8 Å². The van der Waals surface area contributed by atoms with Gasteiger partial charge in [-0.2, -0.15) is 0 Å². The van der Waals surface area contributed by atoms with Crippen LogP contribution in [0.2, 0.25) is 0 Å². The molecule has 1 saturated carbocycles. The zero-order valence-corrected chi connectivity index (χ0v) is 20.8. The lowest BCUT2D eigenvalue weighted by Crippen LogP contribution is -2.22. The zero-order chi connectivity index (χ0) is 29.9. The maximum Gasteiger partial charge on any atom is 0.273 e. The molecular weight excluding hydrogens is 500 g/mol. The molecule has 3 amide bonds. The van der Waals surface area contributed by atoms with Crippen LogP contribution in [-0.2, 0) is 4.79 Å². The number of imidazole rings is 1. The Balaban J connectivity index is 1.41. The van der Waals surface area contributed by atoms with Crippen LogP contribution >= 0.6 is 0 Å². The van der Waals surface area contributed by atoms with Gasteiger partial charge in [0.25, 0.3) is 11.8 Å². The molecule has 39 heavy (non-hydrogen) atoms. The van der Waals surface area contributed by atoms with Crippen LogP contribution in [0.5, 0.6) is 5.75 Å². The molecule has 12 nitrogen and oxygen atoms in total. The molecule has 0 radical (unpaired) electrons. The van der Waals surface area contributed by atoms with Gasteiger partial charge in [-0.1, -0.05) is 6.07 Å². The van der Waals surface area contributed by atoms with E-state index in [9.17, 15) is 14.4 Å². The summed E-state index contributed by atoms with van der Waals surface area (Å²) in [5.41, 5.74) is 1.55. The maximum atomic E-state index is 13.3. The number of rotatable bonds is 9. The Morgan fingerprint density at radius 1 is 1.03 bits per heavy atom. The normalized spacial score (nSPS) is 13.8. The summed E-state index contributed by atoms with van der Waals surface area (Å²) in [4.78, 5) is 42.3. The summed E-state index contributed by atoms with van der Waals surface area (Å²) in [5, 5.41) is 18.1. The van der Waals surface area contributed by atoms with Gasteiger partial charge in [0.2, 0.25) is 5.91 Å². The number of nitrogens with zero attached hydrogens (tertiary/aromatic N) is 4. The van der Waals surface area contributed by atoms with Crippen molar-refractivity contribution >= 4 is 40.6 Å². The predicted octanol–water partition coefficient (Wildman–Crippen LogP) is 3.37. The van der Waals surface area contributed by atoms with Gasteiger partial charge < -0.3 is 30.6 Å². The first-order chi connectivity index (χ1) is 20.1. The van der Waals surface area contributed by atoms with E-state index in [2.05, 4.69) is 31.1 Å². The van der Waals surface area contributed by atoms with Crippen molar-refractivity contribution in [1.29, 1.82) is 0 Å². The minimum atomic E-state index is -2.78. The fourth-order valence-electron chi connectivity index (χ4n) is 3.86. The quantitative estimate of drug-likeness (QED) is 0.258. The van der Waals surface area contributed by atoms with Crippen LogP contribution in [0.15, 0.2) is 67.3 Å².